The molecule has 0 aliphatic carbocycles. The standard InChI is InChI=1S/C63H76ClN7O21S2/c1-36-13-11-17-50(89-7)63(81)34-48(90-61(80)67-63)37(2)58-62(4,92-58)51(33-55(76)70(5)46-29-40(27-36)30-47(88-6)57(46)64)91-56(77)23-18-39-14-12-15-41(28-39)38(3)68-69-60(79)45-20-19-43(32-49(45)94(85,86)87)66-52(73)24-25-65-59(78)42(35-93(82,83)84)31-44(72)16-9-8-10-26-71-53(74)21-22-54(71)75/h11-15,17,19-22,28-30,32,37,42,48,50-51,58,81H,8-10,16,18,23-27,31,33-35H2,1-7H3,(H,65,78)(H,66,73)(H,67,80)(H,69,79)(H,82,83,84)(H,85,86,87)/b17-11+,36-13+,68-38+/t37-,42+,48+,50-,51+,58+,62+,63+/m1/s1. The Morgan fingerprint density at radius 1 is 0.947 bits per heavy atom. The highest BCUT2D eigenvalue weighted by molar-refractivity contribution is 7.86. The Labute approximate surface area is 548 Å². The second kappa shape index (κ2) is 31.3. The largest absolute Gasteiger partial charge is 0.495 e. The first-order valence-electron chi connectivity index (χ1n) is 29.9. The minimum Gasteiger partial charge on any atom is -0.495 e. The van der Waals surface area contributed by atoms with Gasteiger partial charge in [0.1, 0.15) is 45.4 Å². The van der Waals surface area contributed by atoms with Crippen molar-refractivity contribution in [2.24, 2.45) is 16.9 Å². The number of carbonyl (C=O) groups excluding carboxylic acids is 9. The van der Waals surface area contributed by atoms with Crippen LogP contribution in [-0.2, 0) is 85.6 Å². The Morgan fingerprint density at radius 3 is 2.35 bits per heavy atom. The highest BCUT2D eigenvalue weighted by Crippen LogP contribution is 2.49. The number of Topliss-reactive ketones (excluding diaryl/α,β-unsaturated/α-hetero) is 1. The lowest BCUT2D eigenvalue weighted by Crippen LogP contribution is -2.63. The number of nitrogens with zero attached hydrogens (tertiary/aromatic N) is 3. The number of halogens is 1. The van der Waals surface area contributed by atoms with Gasteiger partial charge in [-0.3, -0.25) is 57.7 Å². The summed E-state index contributed by atoms with van der Waals surface area (Å²) < 4.78 is 97.8. The molecule has 4 heterocycles. The number of aryl methyl sites for hydroxylation is 1. The van der Waals surface area contributed by atoms with Gasteiger partial charge in [-0.25, -0.2) is 10.2 Å². The number of amides is 7. The summed E-state index contributed by atoms with van der Waals surface area (Å²) >= 11 is 6.83. The van der Waals surface area contributed by atoms with Crippen molar-refractivity contribution in [3.8, 4) is 5.75 Å². The van der Waals surface area contributed by atoms with Gasteiger partial charge < -0.3 is 44.3 Å². The van der Waals surface area contributed by atoms with E-state index < -0.39 is 157 Å². The van der Waals surface area contributed by atoms with E-state index in [1.807, 2.05) is 13.0 Å². The molecule has 7 N–H and O–H groups in total. The molecule has 31 heteroatoms. The van der Waals surface area contributed by atoms with Gasteiger partial charge in [0.2, 0.25) is 17.7 Å². The van der Waals surface area contributed by atoms with Crippen LogP contribution in [0.4, 0.5) is 16.2 Å². The molecule has 4 aliphatic heterocycles. The van der Waals surface area contributed by atoms with E-state index in [9.17, 15) is 74.2 Å². The smallest absolute Gasteiger partial charge is 0.409 e. The van der Waals surface area contributed by atoms with Crippen LogP contribution >= 0.6 is 11.6 Å². The molecule has 4 aliphatic rings. The SMILES string of the molecule is COc1cc2cc(c1Cl)N(C)C(=O)C[C@H](OC(=O)CCc1cccc(/C(C)=N/NC(=O)c3ccc(NC(=O)CCNC(=O)[C@@H](CC(=O)CCCCCN4C(=O)C=CC4=O)CS(=O)(=O)O)cc3S(=O)(=O)O)c1)[C@]1(C)O[C@H]1[C@H](C)[C@@H]1C[C@@](O)(NC(=O)O1)[C@H](OC)/C=C/C=C(\C)C2. The lowest BCUT2D eigenvalue weighted by molar-refractivity contribution is -0.154. The highest BCUT2D eigenvalue weighted by Gasteiger charge is 2.64. The number of allylic oxidation sites excluding steroid dienone is 3. The molecule has 7 amide bonds. The molecule has 2 fully saturated rings. The molecule has 3 aromatic rings. The number of carbonyl (C=O) groups is 9. The topological polar surface area (TPSA) is 399 Å². The Bertz CT molecular complexity index is 3800. The third-order valence-corrected chi connectivity index (χ3v) is 18.5. The summed E-state index contributed by atoms with van der Waals surface area (Å²) in [4.78, 5) is 119. The van der Waals surface area contributed by atoms with Crippen LogP contribution in [0.15, 0.2) is 101 Å². The summed E-state index contributed by atoms with van der Waals surface area (Å²) in [7, 11) is -5.51. The van der Waals surface area contributed by atoms with Crippen molar-refractivity contribution in [2.75, 3.05) is 50.3 Å². The predicted molar refractivity (Wildman–Crippen MR) is 340 cm³/mol. The molecule has 0 aromatic heterocycles. The number of aliphatic hydroxyl groups is 1. The molecule has 0 radical (unpaired) electrons. The van der Waals surface area contributed by atoms with Crippen LogP contribution in [-0.4, -0.2) is 171 Å². The van der Waals surface area contributed by atoms with E-state index in [0.29, 0.717) is 48.2 Å². The number of hydrogen-bond donors (Lipinski definition) is 7. The number of benzene rings is 3. The molecule has 28 nitrogen and oxygen atoms in total. The minimum absolute atomic E-state index is 0.0678. The van der Waals surface area contributed by atoms with Crippen molar-refractivity contribution >= 4 is 102 Å². The number of nitrogens with one attached hydrogen (secondary N) is 4. The zero-order chi connectivity index (χ0) is 69.0. The monoisotopic (exact) mass is 1370 g/mol. The third kappa shape index (κ3) is 19.5. The normalized spacial score (nSPS) is 23.8. The number of ether oxygens (including phenoxy) is 5. The van der Waals surface area contributed by atoms with E-state index in [-0.39, 0.29) is 55.1 Å². The van der Waals surface area contributed by atoms with Crippen LogP contribution in [0.1, 0.15) is 113 Å². The van der Waals surface area contributed by atoms with E-state index in [4.69, 9.17) is 35.3 Å². The summed E-state index contributed by atoms with van der Waals surface area (Å²) in [6.07, 6.45) is 2.44. The molecular formula is C63H76ClN7O21S2. The number of esters is 1. The Morgan fingerprint density at radius 2 is 1.67 bits per heavy atom. The molecule has 0 unspecified atom stereocenters. The Hall–Kier alpha value is -8.23. The van der Waals surface area contributed by atoms with Gasteiger partial charge in [-0.15, -0.1) is 0 Å². The fourth-order valence-electron chi connectivity index (χ4n) is 11.2. The van der Waals surface area contributed by atoms with Gasteiger partial charge >= 0.3 is 12.1 Å². The fraction of sp³-hybridized carbons (Fsp3) is 0.460. The molecule has 94 heavy (non-hydrogen) atoms. The lowest BCUT2D eigenvalue weighted by Gasteiger charge is -2.42. The van der Waals surface area contributed by atoms with Crippen molar-refractivity contribution in [2.45, 2.75) is 139 Å². The number of hydrogen-bond acceptors (Lipinski definition) is 20. The second-order valence-electron chi connectivity index (χ2n) is 23.6. The maximum atomic E-state index is 14.4. The van der Waals surface area contributed by atoms with Crippen LogP contribution in [0.3, 0.4) is 0 Å². The maximum Gasteiger partial charge on any atom is 0.409 e. The molecule has 8 atom stereocenters. The molecule has 7 rings (SSSR count). The summed E-state index contributed by atoms with van der Waals surface area (Å²) in [5.41, 5.74) is 1.48. The number of anilines is 2. The number of hydrazone groups is 1. The van der Waals surface area contributed by atoms with Crippen LogP contribution in [0.25, 0.3) is 0 Å². The number of epoxide rings is 1. The summed E-state index contributed by atoms with van der Waals surface area (Å²) in [6, 6.07) is 13.2. The van der Waals surface area contributed by atoms with E-state index in [1.54, 1.807) is 62.4 Å². The van der Waals surface area contributed by atoms with Crippen molar-refractivity contribution in [1.82, 2.24) is 21.0 Å². The van der Waals surface area contributed by atoms with Gasteiger partial charge in [0, 0.05) is 83.1 Å². The van der Waals surface area contributed by atoms with Crippen molar-refractivity contribution in [3.63, 3.8) is 0 Å². The van der Waals surface area contributed by atoms with Crippen LogP contribution < -0.4 is 31.0 Å². The van der Waals surface area contributed by atoms with Gasteiger partial charge in [-0.2, -0.15) is 21.9 Å². The van der Waals surface area contributed by atoms with Crippen molar-refractivity contribution < 1.29 is 97.9 Å². The quantitative estimate of drug-likeness (QED) is 0.0110. The molecule has 508 valence electrons. The maximum absolute atomic E-state index is 14.4. The number of imide groups is 1. The van der Waals surface area contributed by atoms with Gasteiger partial charge in [-0.1, -0.05) is 66.9 Å². The fourth-order valence-corrected chi connectivity index (χ4v) is 13.0. The van der Waals surface area contributed by atoms with E-state index in [0.717, 1.165) is 46.4 Å². The predicted octanol–water partition coefficient (Wildman–Crippen LogP) is 5.09. The van der Waals surface area contributed by atoms with Crippen molar-refractivity contribution in [1.29, 1.82) is 0 Å². The number of methoxy groups -OCH3 is 2. The van der Waals surface area contributed by atoms with Crippen LogP contribution in [0.5, 0.6) is 5.75 Å². The Kier molecular flexibility index (Phi) is 24.4. The average Bonchev–Trinajstić information content (AvgIpc) is 1.56. The average molecular weight is 1370 g/mol. The number of fused-ring (bicyclic) bond motifs is 5. The summed E-state index contributed by atoms with van der Waals surface area (Å²) in [6.45, 7) is 6.57. The van der Waals surface area contributed by atoms with Crippen LogP contribution in [0.2, 0.25) is 5.02 Å². The number of alkyl carbamates (subject to hydrolysis) is 1. The summed E-state index contributed by atoms with van der Waals surface area (Å²) in [5, 5.41) is 23.4. The third-order valence-electron chi connectivity index (χ3n) is 16.4. The van der Waals surface area contributed by atoms with Gasteiger partial charge in [-0.05, 0) is 99.5 Å². The zero-order valence-electron chi connectivity index (χ0n) is 52.7. The van der Waals surface area contributed by atoms with E-state index in [1.165, 1.54) is 33.1 Å². The van der Waals surface area contributed by atoms with Gasteiger partial charge in [0.25, 0.3) is 38.0 Å². The first-order chi connectivity index (χ1) is 44.2. The highest BCUT2D eigenvalue weighted by atomic mass is 35.5. The number of unbranched alkanes of at least 4 members (excludes halogenated alkanes) is 2. The second-order valence-corrected chi connectivity index (χ2v) is 26.8. The van der Waals surface area contributed by atoms with Gasteiger partial charge in [0.15, 0.2) is 5.72 Å². The Balaban J connectivity index is 0.965. The molecular weight excluding hydrogens is 1290 g/mol. The minimum atomic E-state index is -5.14. The van der Waals surface area contributed by atoms with E-state index >= 15 is 0 Å². The number of rotatable bonds is 25. The molecule has 0 spiro atoms. The first kappa shape index (κ1) is 73.2. The molecule has 4 bridgehead atoms. The molecule has 2 saturated heterocycles. The van der Waals surface area contributed by atoms with E-state index in [2.05, 4.69) is 26.5 Å². The van der Waals surface area contributed by atoms with Gasteiger partial charge in [0.05, 0.1) is 48.3 Å². The number of ketones is 1. The van der Waals surface area contributed by atoms with Crippen molar-refractivity contribution in [3.05, 3.63) is 118 Å². The lowest BCUT2D eigenvalue weighted by atomic mass is 9.83. The summed E-state index contributed by atoms with van der Waals surface area (Å²) in [5.74, 6) is -8.39. The first-order valence-corrected chi connectivity index (χ1v) is 33.4. The van der Waals surface area contributed by atoms with Crippen LogP contribution in [0, 0.1) is 11.8 Å². The molecule has 0 saturated carbocycles. The zero-order valence-corrected chi connectivity index (χ0v) is 55.1. The molecule has 3 aromatic carbocycles.